The summed E-state index contributed by atoms with van der Waals surface area (Å²) >= 11 is 0. The van der Waals surface area contributed by atoms with Crippen LogP contribution >= 0.6 is 0 Å². The fourth-order valence-corrected chi connectivity index (χ4v) is 9.70. The molecule has 278 valence electrons. The summed E-state index contributed by atoms with van der Waals surface area (Å²) in [4.78, 5) is 31.6. The van der Waals surface area contributed by atoms with Crippen LogP contribution in [0.15, 0.2) is 37.1 Å². The lowest BCUT2D eigenvalue weighted by Crippen LogP contribution is -2.72. The smallest absolute Gasteiger partial charge is 0.422 e. The number of hydrogen-bond donors (Lipinski definition) is 1. The van der Waals surface area contributed by atoms with Crippen molar-refractivity contribution in [1.82, 2.24) is 30.0 Å². The standard InChI is InChI=1S/C40H45F3N8O2/c1-3-31(52)50-19-38(20-50)10-12-49(13-11-38)36-28-14-27(26-7-8-26)33(32-24(2)4-9-30-29(32)15-44-47-30)35(53-23-40(41,42)43)34(28)45-37(46-36)51-21-39(22-51)17-48(18-39)16-25-5-6-25/h3-4,9,14-15,25-26H,1,5-8,10-13,16-23H2,2H3,(H,44,47). The van der Waals surface area contributed by atoms with E-state index in [-0.39, 0.29) is 28.4 Å². The minimum Gasteiger partial charge on any atom is -0.481 e. The Hall–Kier alpha value is -4.39. The van der Waals surface area contributed by atoms with E-state index in [2.05, 4.69) is 37.5 Å². The number of fused-ring (bicyclic) bond motifs is 2. The zero-order chi connectivity index (χ0) is 36.3. The highest BCUT2D eigenvalue weighted by Gasteiger charge is 2.53. The number of rotatable bonds is 9. The number of alkyl halides is 3. The Bertz CT molecular complexity index is 2130. The maximum absolute atomic E-state index is 14.1. The predicted molar refractivity (Wildman–Crippen MR) is 197 cm³/mol. The van der Waals surface area contributed by atoms with E-state index in [1.807, 2.05) is 24.0 Å². The van der Waals surface area contributed by atoms with E-state index in [4.69, 9.17) is 14.7 Å². The molecule has 2 saturated carbocycles. The molecular formula is C40H45F3N8O2. The zero-order valence-corrected chi connectivity index (χ0v) is 30.1. The third-order valence-electron chi connectivity index (χ3n) is 12.8. The average Bonchev–Trinajstić information content (AvgIpc) is 4.04. The van der Waals surface area contributed by atoms with Gasteiger partial charge in [0.2, 0.25) is 11.9 Å². The number of piperidine rings is 1. The minimum atomic E-state index is -4.54. The molecule has 1 N–H and O–H groups in total. The van der Waals surface area contributed by atoms with Crippen LogP contribution in [0.25, 0.3) is 32.9 Å². The lowest BCUT2D eigenvalue weighted by Gasteiger charge is -2.60. The molecule has 1 amide bonds. The van der Waals surface area contributed by atoms with Crippen LogP contribution in [0.4, 0.5) is 24.9 Å². The van der Waals surface area contributed by atoms with Gasteiger partial charge in [0, 0.05) is 86.1 Å². The number of benzene rings is 2. The molecule has 6 fully saturated rings. The van der Waals surface area contributed by atoms with Crippen LogP contribution in [0.3, 0.4) is 0 Å². The van der Waals surface area contributed by atoms with Gasteiger partial charge in [-0.2, -0.15) is 23.3 Å². The van der Waals surface area contributed by atoms with Crippen molar-refractivity contribution in [3.8, 4) is 16.9 Å². The number of anilines is 2. The summed E-state index contributed by atoms with van der Waals surface area (Å²) in [6.45, 7) is 12.1. The van der Waals surface area contributed by atoms with Crippen LogP contribution in [-0.2, 0) is 4.79 Å². The third kappa shape index (κ3) is 5.81. The molecule has 0 bridgehead atoms. The minimum absolute atomic E-state index is 0.0323. The summed E-state index contributed by atoms with van der Waals surface area (Å²) in [5, 5.41) is 8.93. The third-order valence-corrected chi connectivity index (χ3v) is 12.8. The van der Waals surface area contributed by atoms with Gasteiger partial charge >= 0.3 is 6.18 Å². The number of carbonyl (C=O) groups excluding carboxylic acids is 1. The van der Waals surface area contributed by atoms with E-state index in [9.17, 15) is 18.0 Å². The van der Waals surface area contributed by atoms with Gasteiger partial charge < -0.3 is 24.3 Å². The Kier molecular flexibility index (Phi) is 7.39. The number of ether oxygens (including phenoxy) is 1. The Labute approximate surface area is 306 Å². The topological polar surface area (TPSA) is 93.7 Å². The van der Waals surface area contributed by atoms with Crippen molar-refractivity contribution in [3.63, 3.8) is 0 Å². The molecule has 2 aromatic carbocycles. The fourth-order valence-electron chi connectivity index (χ4n) is 9.70. The van der Waals surface area contributed by atoms with E-state index in [0.717, 1.165) is 123 Å². The van der Waals surface area contributed by atoms with Crippen LogP contribution < -0.4 is 14.5 Å². The largest absolute Gasteiger partial charge is 0.481 e. The highest BCUT2D eigenvalue weighted by Crippen LogP contribution is 2.54. The summed E-state index contributed by atoms with van der Waals surface area (Å²) in [6, 6.07) is 6.09. The SMILES string of the molecule is C=CC(=O)N1CC2(CCN(c3nc(N4CC5(CN(CC6CC6)C5)C4)nc4c(OCC(F)(F)F)c(-c5c(C)ccc6[nH]ncc56)c(C5CC5)cc34)CC2)C1. The van der Waals surface area contributed by atoms with Gasteiger partial charge in [0.05, 0.1) is 11.7 Å². The fraction of sp³-hybridized carbons (Fsp3) is 0.550. The van der Waals surface area contributed by atoms with Crippen LogP contribution in [0.1, 0.15) is 55.6 Å². The summed E-state index contributed by atoms with van der Waals surface area (Å²) in [5.41, 5.74) is 4.93. The molecule has 4 aliphatic heterocycles. The molecule has 0 radical (unpaired) electrons. The van der Waals surface area contributed by atoms with Gasteiger partial charge in [-0.1, -0.05) is 12.6 Å². The highest BCUT2D eigenvalue weighted by molar-refractivity contribution is 6.06. The number of H-pyrrole nitrogens is 1. The molecule has 0 atom stereocenters. The number of aromatic amines is 1. The van der Waals surface area contributed by atoms with Gasteiger partial charge in [0.25, 0.3) is 0 Å². The van der Waals surface area contributed by atoms with Gasteiger partial charge in [-0.05, 0) is 92.2 Å². The number of likely N-dealkylation sites (tertiary alicyclic amines) is 2. The number of halogens is 3. The van der Waals surface area contributed by atoms with Gasteiger partial charge in [-0.3, -0.25) is 9.89 Å². The molecule has 6 heterocycles. The number of aryl methyl sites for hydroxylation is 1. The van der Waals surface area contributed by atoms with Crippen molar-refractivity contribution < 1.29 is 22.7 Å². The predicted octanol–water partition coefficient (Wildman–Crippen LogP) is 6.45. The average molecular weight is 727 g/mol. The first-order chi connectivity index (χ1) is 25.5. The number of nitrogens with zero attached hydrogens (tertiary/aromatic N) is 7. The zero-order valence-electron chi connectivity index (χ0n) is 30.1. The van der Waals surface area contributed by atoms with E-state index in [1.165, 1.54) is 25.5 Å². The summed E-state index contributed by atoms with van der Waals surface area (Å²) < 4.78 is 48.3. The number of amides is 1. The molecule has 6 aliphatic rings. The van der Waals surface area contributed by atoms with E-state index in [0.29, 0.717) is 17.0 Å². The normalized spacial score (nSPS) is 22.3. The molecule has 4 saturated heterocycles. The second-order valence-electron chi connectivity index (χ2n) is 17.0. The molecule has 13 heteroatoms. The van der Waals surface area contributed by atoms with Crippen molar-refractivity contribution in [3.05, 3.63) is 48.2 Å². The van der Waals surface area contributed by atoms with Crippen molar-refractivity contribution in [2.45, 2.75) is 57.5 Å². The van der Waals surface area contributed by atoms with Gasteiger partial charge in [0.15, 0.2) is 12.4 Å². The number of nitrogens with one attached hydrogen (secondary N) is 1. The van der Waals surface area contributed by atoms with Crippen molar-refractivity contribution in [1.29, 1.82) is 0 Å². The van der Waals surface area contributed by atoms with Crippen LogP contribution in [0.5, 0.6) is 5.75 Å². The highest BCUT2D eigenvalue weighted by atomic mass is 19.4. The van der Waals surface area contributed by atoms with E-state index < -0.39 is 12.8 Å². The maximum atomic E-state index is 14.1. The summed E-state index contributed by atoms with van der Waals surface area (Å²) in [6.07, 6.45) is 4.95. The Morgan fingerprint density at radius 1 is 0.981 bits per heavy atom. The number of carbonyl (C=O) groups is 1. The molecule has 10 nitrogen and oxygen atoms in total. The number of aromatic nitrogens is 4. The molecule has 2 aliphatic carbocycles. The van der Waals surface area contributed by atoms with E-state index >= 15 is 0 Å². The first-order valence-corrected chi connectivity index (χ1v) is 19.1. The van der Waals surface area contributed by atoms with Crippen molar-refractivity contribution in [2.75, 3.05) is 75.3 Å². The monoisotopic (exact) mass is 726 g/mol. The van der Waals surface area contributed by atoms with Gasteiger partial charge in [0.1, 0.15) is 11.3 Å². The second-order valence-corrected chi connectivity index (χ2v) is 17.0. The van der Waals surface area contributed by atoms with Crippen LogP contribution in [0.2, 0.25) is 0 Å². The Balaban J connectivity index is 1.09. The van der Waals surface area contributed by atoms with Crippen molar-refractivity contribution in [2.24, 2.45) is 16.7 Å². The molecule has 2 aromatic heterocycles. The maximum Gasteiger partial charge on any atom is 0.422 e. The quantitative estimate of drug-likeness (QED) is 0.197. The Morgan fingerprint density at radius 3 is 2.42 bits per heavy atom. The molecule has 53 heavy (non-hydrogen) atoms. The van der Waals surface area contributed by atoms with Crippen LogP contribution in [-0.4, -0.2) is 108 Å². The van der Waals surface area contributed by atoms with E-state index in [1.54, 1.807) is 6.20 Å². The summed E-state index contributed by atoms with van der Waals surface area (Å²) in [7, 11) is 0. The first-order valence-electron chi connectivity index (χ1n) is 19.1. The molecular weight excluding hydrogens is 681 g/mol. The second kappa shape index (κ2) is 11.8. The van der Waals surface area contributed by atoms with Gasteiger partial charge in [-0.15, -0.1) is 0 Å². The summed E-state index contributed by atoms with van der Waals surface area (Å²) in [5.74, 6) is 2.49. The molecule has 2 spiro atoms. The number of hydrogen-bond acceptors (Lipinski definition) is 8. The lowest BCUT2D eigenvalue weighted by molar-refractivity contribution is -0.153. The first kappa shape index (κ1) is 33.2. The molecule has 10 rings (SSSR count). The van der Waals surface area contributed by atoms with Crippen LogP contribution in [0, 0.1) is 23.7 Å². The lowest BCUT2D eigenvalue weighted by atomic mass is 9.72. The van der Waals surface area contributed by atoms with Crippen molar-refractivity contribution >= 4 is 39.5 Å². The molecule has 4 aromatic rings. The molecule has 0 unspecified atom stereocenters. The van der Waals surface area contributed by atoms with Gasteiger partial charge in [-0.25, -0.2) is 4.98 Å². The Morgan fingerprint density at radius 2 is 1.74 bits per heavy atom.